The van der Waals surface area contributed by atoms with Crippen LogP contribution in [0.5, 0.6) is 0 Å². The van der Waals surface area contributed by atoms with Crippen LogP contribution >= 0.6 is 11.6 Å². The predicted molar refractivity (Wildman–Crippen MR) is 81.3 cm³/mol. The second-order valence-electron chi connectivity index (χ2n) is 4.74. The van der Waals surface area contributed by atoms with E-state index in [1.54, 1.807) is 24.7 Å². The summed E-state index contributed by atoms with van der Waals surface area (Å²) in [7, 11) is 0. The Hall–Kier alpha value is -2.46. The van der Waals surface area contributed by atoms with Gasteiger partial charge in [-0.1, -0.05) is 11.6 Å². The largest absolute Gasteiger partial charge is 0.298 e. The van der Waals surface area contributed by atoms with Crippen LogP contribution in [0.1, 0.15) is 0 Å². The number of benzene rings is 2. The number of hydrogen-bond donors (Lipinski definition) is 0. The monoisotopic (exact) mass is 297 g/mol. The lowest BCUT2D eigenvalue weighted by molar-refractivity contribution is 0.627. The van der Waals surface area contributed by atoms with Crippen LogP contribution in [0.4, 0.5) is 4.39 Å². The number of rotatable bonds is 1. The summed E-state index contributed by atoms with van der Waals surface area (Å²) in [4.78, 5) is 8.73. The molecular formula is C16H9ClFN3. The maximum atomic E-state index is 13.1. The summed E-state index contributed by atoms with van der Waals surface area (Å²) in [5.74, 6) is -0.263. The first-order valence-electron chi connectivity index (χ1n) is 6.40. The van der Waals surface area contributed by atoms with Crippen LogP contribution in [-0.4, -0.2) is 14.5 Å². The summed E-state index contributed by atoms with van der Waals surface area (Å²) in [6.07, 6.45) is 3.43. The lowest BCUT2D eigenvalue weighted by Crippen LogP contribution is -1.93. The summed E-state index contributed by atoms with van der Waals surface area (Å²) in [5, 5.41) is 1.60. The Morgan fingerprint density at radius 2 is 1.76 bits per heavy atom. The van der Waals surface area contributed by atoms with E-state index < -0.39 is 0 Å². The molecule has 0 radical (unpaired) electrons. The summed E-state index contributed by atoms with van der Waals surface area (Å²) in [6, 6.07) is 11.9. The van der Waals surface area contributed by atoms with E-state index in [9.17, 15) is 4.39 Å². The Morgan fingerprint density at radius 3 is 2.57 bits per heavy atom. The molecule has 0 saturated heterocycles. The van der Waals surface area contributed by atoms with E-state index >= 15 is 0 Å². The minimum Gasteiger partial charge on any atom is -0.298 e. The van der Waals surface area contributed by atoms with Crippen molar-refractivity contribution in [2.24, 2.45) is 0 Å². The predicted octanol–water partition coefficient (Wildman–Crippen LogP) is 4.37. The summed E-state index contributed by atoms with van der Waals surface area (Å²) >= 11 is 6.01. The SMILES string of the molecule is Fc1ccc(-n2cnc3cnc4cc(Cl)ccc4c32)cc1. The third kappa shape index (κ3) is 1.96. The normalized spacial score (nSPS) is 11.3. The number of halogens is 2. The maximum Gasteiger partial charge on any atom is 0.123 e. The number of hydrogen-bond acceptors (Lipinski definition) is 2. The van der Waals surface area contributed by atoms with Crippen molar-refractivity contribution < 1.29 is 4.39 Å². The van der Waals surface area contributed by atoms with Crippen molar-refractivity contribution in [3.05, 3.63) is 65.8 Å². The first kappa shape index (κ1) is 12.3. The van der Waals surface area contributed by atoms with Crippen LogP contribution < -0.4 is 0 Å². The Morgan fingerprint density at radius 1 is 0.952 bits per heavy atom. The Balaban J connectivity index is 2.08. The highest BCUT2D eigenvalue weighted by molar-refractivity contribution is 6.31. The minimum absolute atomic E-state index is 0.263. The number of imidazole rings is 1. The van der Waals surface area contributed by atoms with Crippen LogP contribution in [-0.2, 0) is 0 Å². The molecule has 0 fully saturated rings. The van der Waals surface area contributed by atoms with Gasteiger partial charge in [0.05, 0.1) is 17.2 Å². The molecule has 4 aromatic rings. The maximum absolute atomic E-state index is 13.1. The highest BCUT2D eigenvalue weighted by atomic mass is 35.5. The standard InChI is InChI=1S/C16H9ClFN3/c17-10-1-6-13-14(7-10)19-8-15-16(13)21(9-20-15)12-4-2-11(18)3-5-12/h1-9H. The molecule has 102 valence electrons. The second kappa shape index (κ2) is 4.53. The van der Waals surface area contributed by atoms with Gasteiger partial charge < -0.3 is 0 Å². The first-order valence-corrected chi connectivity index (χ1v) is 6.77. The zero-order chi connectivity index (χ0) is 14.4. The van der Waals surface area contributed by atoms with Crippen molar-refractivity contribution >= 4 is 33.5 Å². The molecule has 0 unspecified atom stereocenters. The molecule has 2 aromatic carbocycles. The molecule has 2 heterocycles. The van der Waals surface area contributed by atoms with Gasteiger partial charge >= 0.3 is 0 Å². The molecule has 2 aromatic heterocycles. The summed E-state index contributed by atoms with van der Waals surface area (Å²) in [5.41, 5.74) is 3.37. The molecule has 0 saturated carbocycles. The van der Waals surface area contributed by atoms with Gasteiger partial charge in [0.15, 0.2) is 0 Å². The van der Waals surface area contributed by atoms with Crippen molar-refractivity contribution in [3.8, 4) is 5.69 Å². The first-order chi connectivity index (χ1) is 10.2. The van der Waals surface area contributed by atoms with Gasteiger partial charge in [0, 0.05) is 16.1 Å². The summed E-state index contributed by atoms with van der Waals surface area (Å²) < 4.78 is 15.0. The van der Waals surface area contributed by atoms with Crippen LogP contribution in [0.3, 0.4) is 0 Å². The fourth-order valence-electron chi connectivity index (χ4n) is 2.46. The van der Waals surface area contributed by atoms with Gasteiger partial charge in [-0.15, -0.1) is 0 Å². The minimum atomic E-state index is -0.263. The second-order valence-corrected chi connectivity index (χ2v) is 5.18. The quantitative estimate of drug-likeness (QED) is 0.522. The fourth-order valence-corrected chi connectivity index (χ4v) is 2.63. The molecule has 4 rings (SSSR count). The molecule has 0 aliphatic rings. The molecule has 3 nitrogen and oxygen atoms in total. The molecule has 0 aliphatic heterocycles. The third-order valence-corrected chi connectivity index (χ3v) is 3.68. The van der Waals surface area contributed by atoms with Crippen molar-refractivity contribution in [2.75, 3.05) is 0 Å². The Bertz CT molecular complexity index is 961. The van der Waals surface area contributed by atoms with Crippen molar-refractivity contribution in [3.63, 3.8) is 0 Å². The molecule has 0 amide bonds. The van der Waals surface area contributed by atoms with E-state index in [0.29, 0.717) is 5.02 Å². The Kier molecular flexibility index (Phi) is 2.65. The average molecular weight is 298 g/mol. The molecule has 0 N–H and O–H groups in total. The average Bonchev–Trinajstić information content (AvgIpc) is 2.92. The number of nitrogens with zero attached hydrogens (tertiary/aromatic N) is 3. The van der Waals surface area contributed by atoms with Crippen LogP contribution in [0.2, 0.25) is 5.02 Å². The van der Waals surface area contributed by atoms with Crippen LogP contribution in [0.15, 0.2) is 55.0 Å². The molecule has 0 bridgehead atoms. The van der Waals surface area contributed by atoms with Gasteiger partial charge in [0.25, 0.3) is 0 Å². The summed E-state index contributed by atoms with van der Waals surface area (Å²) in [6.45, 7) is 0. The van der Waals surface area contributed by atoms with Gasteiger partial charge in [-0.25, -0.2) is 9.37 Å². The van der Waals surface area contributed by atoms with Gasteiger partial charge in [-0.2, -0.15) is 0 Å². The molecule has 0 aliphatic carbocycles. The number of pyridine rings is 1. The van der Waals surface area contributed by atoms with Gasteiger partial charge in [-0.05, 0) is 42.5 Å². The lowest BCUT2D eigenvalue weighted by atomic mass is 10.2. The molecule has 5 heteroatoms. The zero-order valence-corrected chi connectivity index (χ0v) is 11.5. The van der Waals surface area contributed by atoms with Gasteiger partial charge in [0.2, 0.25) is 0 Å². The molecular weight excluding hydrogens is 289 g/mol. The van der Waals surface area contributed by atoms with Gasteiger partial charge in [-0.3, -0.25) is 9.55 Å². The van der Waals surface area contributed by atoms with E-state index in [1.807, 2.05) is 22.8 Å². The van der Waals surface area contributed by atoms with E-state index in [-0.39, 0.29) is 5.82 Å². The number of fused-ring (bicyclic) bond motifs is 3. The van der Waals surface area contributed by atoms with E-state index in [1.165, 1.54) is 12.1 Å². The molecule has 0 spiro atoms. The van der Waals surface area contributed by atoms with Crippen molar-refractivity contribution in [1.29, 1.82) is 0 Å². The zero-order valence-electron chi connectivity index (χ0n) is 10.8. The van der Waals surface area contributed by atoms with E-state index in [4.69, 9.17) is 11.6 Å². The Labute approximate surface area is 124 Å². The fraction of sp³-hybridized carbons (Fsp3) is 0. The molecule has 21 heavy (non-hydrogen) atoms. The molecule has 0 atom stereocenters. The van der Waals surface area contributed by atoms with Gasteiger partial charge in [0.1, 0.15) is 17.7 Å². The van der Waals surface area contributed by atoms with E-state index in [0.717, 1.165) is 27.6 Å². The third-order valence-electron chi connectivity index (χ3n) is 3.44. The number of aromatic nitrogens is 3. The van der Waals surface area contributed by atoms with Crippen LogP contribution in [0, 0.1) is 5.82 Å². The van der Waals surface area contributed by atoms with E-state index in [2.05, 4.69) is 9.97 Å². The highest BCUT2D eigenvalue weighted by Gasteiger charge is 2.10. The lowest BCUT2D eigenvalue weighted by Gasteiger charge is -2.06. The van der Waals surface area contributed by atoms with Crippen molar-refractivity contribution in [1.82, 2.24) is 14.5 Å². The van der Waals surface area contributed by atoms with Crippen LogP contribution in [0.25, 0.3) is 27.6 Å². The smallest absolute Gasteiger partial charge is 0.123 e. The van der Waals surface area contributed by atoms with Crippen molar-refractivity contribution in [2.45, 2.75) is 0 Å². The topological polar surface area (TPSA) is 30.7 Å². The highest BCUT2D eigenvalue weighted by Crippen LogP contribution is 2.27.